The van der Waals surface area contributed by atoms with Gasteiger partial charge in [-0.05, 0) is 38.3 Å². The van der Waals surface area contributed by atoms with Crippen LogP contribution < -0.4 is 4.74 Å². The molecule has 0 aliphatic heterocycles. The monoisotopic (exact) mass is 220 g/mol. The molecule has 0 amide bonds. The molecule has 0 saturated heterocycles. The van der Waals surface area contributed by atoms with E-state index in [1.165, 1.54) is 24.0 Å². The first-order valence-corrected chi connectivity index (χ1v) is 6.41. The minimum Gasteiger partial charge on any atom is -0.490 e. The Bertz CT molecular complexity index is 311. The minimum atomic E-state index is 0.386. The molecule has 0 N–H and O–H groups in total. The Kier molecular flexibility index (Phi) is 5.37. The molecule has 1 aromatic carbocycles. The summed E-state index contributed by atoms with van der Waals surface area (Å²) in [5, 5.41) is 0. The first kappa shape index (κ1) is 13.1. The fraction of sp³-hybridized carbons (Fsp3) is 0.600. The Hall–Kier alpha value is -0.980. The first-order chi connectivity index (χ1) is 7.67. The number of hydrogen-bond donors (Lipinski definition) is 0. The summed E-state index contributed by atoms with van der Waals surface area (Å²) in [4.78, 5) is 0. The molecule has 0 radical (unpaired) electrons. The third kappa shape index (κ3) is 3.88. The van der Waals surface area contributed by atoms with E-state index in [0.717, 1.165) is 18.6 Å². The van der Waals surface area contributed by atoms with Gasteiger partial charge in [0.15, 0.2) is 0 Å². The van der Waals surface area contributed by atoms with E-state index in [-0.39, 0.29) is 0 Å². The Labute approximate surface area is 99.8 Å². The van der Waals surface area contributed by atoms with Gasteiger partial charge in [0.1, 0.15) is 5.75 Å². The summed E-state index contributed by atoms with van der Waals surface area (Å²) in [6.45, 7) is 8.67. The highest BCUT2D eigenvalue weighted by atomic mass is 16.5. The third-order valence-electron chi connectivity index (χ3n) is 2.85. The SMILES string of the molecule is CCCC(CCC)Oc1ccc(C)cc1C. The van der Waals surface area contributed by atoms with E-state index in [0.29, 0.717) is 6.10 Å². The van der Waals surface area contributed by atoms with Crippen LogP contribution in [0.4, 0.5) is 0 Å². The molecule has 0 unspecified atom stereocenters. The largest absolute Gasteiger partial charge is 0.490 e. The molecule has 0 fully saturated rings. The Morgan fingerprint density at radius 1 is 1.06 bits per heavy atom. The smallest absolute Gasteiger partial charge is 0.122 e. The Morgan fingerprint density at radius 2 is 1.69 bits per heavy atom. The molecule has 0 aromatic heterocycles. The Balaban J connectivity index is 2.68. The van der Waals surface area contributed by atoms with Crippen LogP contribution >= 0.6 is 0 Å². The van der Waals surface area contributed by atoms with Gasteiger partial charge in [0.25, 0.3) is 0 Å². The summed E-state index contributed by atoms with van der Waals surface area (Å²) in [5.41, 5.74) is 2.55. The predicted molar refractivity (Wildman–Crippen MR) is 70.1 cm³/mol. The zero-order valence-electron chi connectivity index (χ0n) is 11.0. The van der Waals surface area contributed by atoms with Gasteiger partial charge in [-0.3, -0.25) is 0 Å². The molecule has 1 nitrogen and oxygen atoms in total. The van der Waals surface area contributed by atoms with Crippen LogP contribution in [0.3, 0.4) is 0 Å². The summed E-state index contributed by atoms with van der Waals surface area (Å²) in [6, 6.07) is 6.41. The van der Waals surface area contributed by atoms with Crippen molar-refractivity contribution >= 4 is 0 Å². The molecule has 0 aliphatic rings. The summed E-state index contributed by atoms with van der Waals surface area (Å²) < 4.78 is 6.08. The van der Waals surface area contributed by atoms with Crippen LogP contribution in [0.15, 0.2) is 18.2 Å². The third-order valence-corrected chi connectivity index (χ3v) is 2.85. The van der Waals surface area contributed by atoms with Crippen molar-refractivity contribution in [3.05, 3.63) is 29.3 Å². The van der Waals surface area contributed by atoms with Crippen LogP contribution in [0, 0.1) is 13.8 Å². The maximum Gasteiger partial charge on any atom is 0.122 e. The lowest BCUT2D eigenvalue weighted by Crippen LogP contribution is -2.16. The lowest BCUT2D eigenvalue weighted by Gasteiger charge is -2.19. The number of benzene rings is 1. The number of aryl methyl sites for hydroxylation is 2. The second-order valence-electron chi connectivity index (χ2n) is 4.59. The highest BCUT2D eigenvalue weighted by Crippen LogP contribution is 2.22. The van der Waals surface area contributed by atoms with Crippen molar-refractivity contribution in [3.8, 4) is 5.75 Å². The highest BCUT2D eigenvalue weighted by molar-refractivity contribution is 5.35. The normalized spacial score (nSPS) is 10.8. The lowest BCUT2D eigenvalue weighted by atomic mass is 10.1. The molecule has 0 heterocycles. The topological polar surface area (TPSA) is 9.23 Å². The van der Waals surface area contributed by atoms with Crippen molar-refractivity contribution < 1.29 is 4.74 Å². The minimum absolute atomic E-state index is 0.386. The summed E-state index contributed by atoms with van der Waals surface area (Å²) in [5.74, 6) is 1.05. The van der Waals surface area contributed by atoms with E-state index in [4.69, 9.17) is 4.74 Å². The van der Waals surface area contributed by atoms with Crippen LogP contribution in [0.5, 0.6) is 5.75 Å². The van der Waals surface area contributed by atoms with Crippen molar-refractivity contribution in [1.29, 1.82) is 0 Å². The van der Waals surface area contributed by atoms with E-state index < -0.39 is 0 Å². The molecule has 0 saturated carbocycles. The maximum absolute atomic E-state index is 6.08. The van der Waals surface area contributed by atoms with Crippen molar-refractivity contribution in [3.63, 3.8) is 0 Å². The number of ether oxygens (including phenoxy) is 1. The second-order valence-corrected chi connectivity index (χ2v) is 4.59. The first-order valence-electron chi connectivity index (χ1n) is 6.41. The van der Waals surface area contributed by atoms with Gasteiger partial charge in [0.05, 0.1) is 6.10 Å². The molecule has 90 valence electrons. The lowest BCUT2D eigenvalue weighted by molar-refractivity contribution is 0.177. The van der Waals surface area contributed by atoms with Crippen molar-refractivity contribution in [2.45, 2.75) is 59.5 Å². The van der Waals surface area contributed by atoms with Gasteiger partial charge in [-0.1, -0.05) is 44.4 Å². The average Bonchev–Trinajstić information content (AvgIpc) is 2.23. The molecule has 1 rings (SSSR count). The molecule has 0 atom stereocenters. The molecular weight excluding hydrogens is 196 g/mol. The fourth-order valence-corrected chi connectivity index (χ4v) is 2.02. The zero-order valence-corrected chi connectivity index (χ0v) is 11.0. The molecule has 0 bridgehead atoms. The van der Waals surface area contributed by atoms with E-state index in [2.05, 4.69) is 45.9 Å². The Morgan fingerprint density at radius 3 is 2.19 bits per heavy atom. The second kappa shape index (κ2) is 6.57. The number of hydrogen-bond acceptors (Lipinski definition) is 1. The summed E-state index contributed by atoms with van der Waals surface area (Å²) >= 11 is 0. The van der Waals surface area contributed by atoms with E-state index in [1.807, 2.05) is 0 Å². The van der Waals surface area contributed by atoms with Gasteiger partial charge >= 0.3 is 0 Å². The number of rotatable bonds is 6. The highest BCUT2D eigenvalue weighted by Gasteiger charge is 2.09. The predicted octanol–water partition coefficient (Wildman–Crippen LogP) is 4.65. The quantitative estimate of drug-likeness (QED) is 0.678. The van der Waals surface area contributed by atoms with Gasteiger partial charge in [0.2, 0.25) is 0 Å². The van der Waals surface area contributed by atoms with E-state index in [1.54, 1.807) is 0 Å². The standard InChI is InChI=1S/C15H24O/c1-5-7-14(8-6-2)16-15-10-9-12(3)11-13(15)4/h9-11,14H,5-8H2,1-4H3. The van der Waals surface area contributed by atoms with Crippen LogP contribution in [0.2, 0.25) is 0 Å². The summed E-state index contributed by atoms with van der Waals surface area (Å²) in [7, 11) is 0. The van der Waals surface area contributed by atoms with Crippen LogP contribution in [-0.4, -0.2) is 6.10 Å². The molecule has 16 heavy (non-hydrogen) atoms. The zero-order chi connectivity index (χ0) is 12.0. The molecule has 0 aliphatic carbocycles. The van der Waals surface area contributed by atoms with E-state index >= 15 is 0 Å². The van der Waals surface area contributed by atoms with Crippen LogP contribution in [0.1, 0.15) is 50.7 Å². The molecule has 1 aromatic rings. The molecular formula is C15H24O. The summed E-state index contributed by atoms with van der Waals surface area (Å²) in [6.07, 6.45) is 5.07. The van der Waals surface area contributed by atoms with Crippen molar-refractivity contribution in [1.82, 2.24) is 0 Å². The average molecular weight is 220 g/mol. The molecule has 1 heteroatoms. The van der Waals surface area contributed by atoms with Gasteiger partial charge in [0, 0.05) is 0 Å². The van der Waals surface area contributed by atoms with Crippen LogP contribution in [0.25, 0.3) is 0 Å². The maximum atomic E-state index is 6.08. The van der Waals surface area contributed by atoms with E-state index in [9.17, 15) is 0 Å². The van der Waals surface area contributed by atoms with Gasteiger partial charge in [-0.15, -0.1) is 0 Å². The van der Waals surface area contributed by atoms with Crippen molar-refractivity contribution in [2.24, 2.45) is 0 Å². The fourth-order valence-electron chi connectivity index (χ4n) is 2.02. The van der Waals surface area contributed by atoms with Crippen LogP contribution in [-0.2, 0) is 0 Å². The molecule has 0 spiro atoms. The van der Waals surface area contributed by atoms with Gasteiger partial charge < -0.3 is 4.74 Å². The van der Waals surface area contributed by atoms with Crippen molar-refractivity contribution in [2.75, 3.05) is 0 Å². The van der Waals surface area contributed by atoms with Gasteiger partial charge in [-0.2, -0.15) is 0 Å². The van der Waals surface area contributed by atoms with Gasteiger partial charge in [-0.25, -0.2) is 0 Å².